The van der Waals surface area contributed by atoms with E-state index in [9.17, 15) is 4.79 Å². The number of hydrogen-bond acceptors (Lipinski definition) is 5. The number of aromatic nitrogens is 1. The van der Waals surface area contributed by atoms with Crippen molar-refractivity contribution in [2.45, 2.75) is 0 Å². The molecule has 0 bridgehead atoms. The fourth-order valence-corrected chi connectivity index (χ4v) is 2.56. The van der Waals surface area contributed by atoms with Gasteiger partial charge in [0, 0.05) is 11.5 Å². The molecule has 6 nitrogen and oxygen atoms in total. The Bertz CT molecular complexity index is 931. The molecule has 0 radical (unpaired) electrons. The molecule has 0 unspecified atom stereocenters. The van der Waals surface area contributed by atoms with Gasteiger partial charge in [-0.3, -0.25) is 9.63 Å². The van der Waals surface area contributed by atoms with Gasteiger partial charge in [-0.05, 0) is 30.3 Å². The number of carbonyl (C=O) groups excluding carboxylic acids is 1. The number of carbonyl (C=O) groups is 1. The summed E-state index contributed by atoms with van der Waals surface area (Å²) >= 11 is 6.20. The lowest BCUT2D eigenvalue weighted by atomic mass is 10.1. The summed E-state index contributed by atoms with van der Waals surface area (Å²) in [6, 6.07) is 14.4. The fourth-order valence-electron chi connectivity index (χ4n) is 2.38. The van der Waals surface area contributed by atoms with Crippen LogP contribution in [0.25, 0.3) is 10.9 Å². The smallest absolute Gasteiger partial charge is 0.278 e. The van der Waals surface area contributed by atoms with Crippen LogP contribution in [0, 0.1) is 0 Å². The molecule has 0 aliphatic carbocycles. The molecule has 0 aliphatic rings. The maximum Gasteiger partial charge on any atom is 0.278 e. The Morgan fingerprint density at radius 1 is 1.12 bits per heavy atom. The van der Waals surface area contributed by atoms with Crippen LogP contribution in [0.3, 0.4) is 0 Å². The minimum atomic E-state index is -0.415. The lowest BCUT2D eigenvalue weighted by Gasteiger charge is -2.13. The molecule has 1 amide bonds. The number of halogens is 1. The molecular weight excluding hydrogens is 342 g/mol. The third kappa shape index (κ3) is 3.65. The van der Waals surface area contributed by atoms with Gasteiger partial charge in [0.1, 0.15) is 11.6 Å². The van der Waals surface area contributed by atoms with Crippen LogP contribution in [-0.2, 0) is 4.84 Å². The Morgan fingerprint density at radius 2 is 1.92 bits per heavy atom. The van der Waals surface area contributed by atoms with Gasteiger partial charge in [0.05, 0.1) is 36.0 Å². The summed E-state index contributed by atoms with van der Waals surface area (Å²) in [5, 5.41) is 4.43. The monoisotopic (exact) mass is 357 g/mol. The molecule has 3 aromatic rings. The maximum atomic E-state index is 12.3. The highest BCUT2D eigenvalue weighted by atomic mass is 35.5. The van der Waals surface area contributed by atoms with E-state index in [1.54, 1.807) is 31.4 Å². The van der Waals surface area contributed by atoms with Gasteiger partial charge in [-0.25, -0.2) is 10.5 Å². The molecule has 3 rings (SSSR count). The van der Waals surface area contributed by atoms with Gasteiger partial charge in [0.25, 0.3) is 5.91 Å². The van der Waals surface area contributed by atoms with E-state index in [-0.39, 0.29) is 0 Å². The average Bonchev–Trinajstić information content (AvgIpc) is 2.62. The van der Waals surface area contributed by atoms with Crippen molar-refractivity contribution in [2.75, 3.05) is 19.5 Å². The number of methoxy groups -OCH3 is 1. The van der Waals surface area contributed by atoms with Crippen molar-refractivity contribution in [3.8, 4) is 5.75 Å². The molecule has 0 saturated carbocycles. The van der Waals surface area contributed by atoms with Crippen molar-refractivity contribution in [3.63, 3.8) is 0 Å². The van der Waals surface area contributed by atoms with Crippen LogP contribution < -0.4 is 15.5 Å². The molecule has 0 spiro atoms. The van der Waals surface area contributed by atoms with Crippen LogP contribution in [0.2, 0.25) is 5.02 Å². The number of anilines is 2. The highest BCUT2D eigenvalue weighted by Gasteiger charge is 2.16. The molecule has 2 N–H and O–H groups in total. The highest BCUT2D eigenvalue weighted by Crippen LogP contribution is 2.29. The first-order valence-corrected chi connectivity index (χ1v) is 7.84. The number of benzene rings is 2. The zero-order valence-electron chi connectivity index (χ0n) is 13.7. The first-order chi connectivity index (χ1) is 12.1. The van der Waals surface area contributed by atoms with Crippen molar-refractivity contribution < 1.29 is 14.4 Å². The first kappa shape index (κ1) is 17.0. The minimum Gasteiger partial charge on any atom is -0.497 e. The van der Waals surface area contributed by atoms with E-state index in [1.165, 1.54) is 7.11 Å². The van der Waals surface area contributed by atoms with Gasteiger partial charge in [-0.2, -0.15) is 0 Å². The number of hydrogen-bond donors (Lipinski definition) is 2. The minimum absolute atomic E-state index is 0.333. The molecule has 7 heteroatoms. The van der Waals surface area contributed by atoms with Crippen molar-refractivity contribution in [1.29, 1.82) is 0 Å². The van der Waals surface area contributed by atoms with Gasteiger partial charge >= 0.3 is 0 Å². The van der Waals surface area contributed by atoms with Gasteiger partial charge in [-0.15, -0.1) is 0 Å². The van der Waals surface area contributed by atoms with Crippen molar-refractivity contribution in [1.82, 2.24) is 10.5 Å². The largest absolute Gasteiger partial charge is 0.497 e. The second-order valence-electron chi connectivity index (χ2n) is 5.18. The zero-order valence-corrected chi connectivity index (χ0v) is 14.4. The van der Waals surface area contributed by atoms with Gasteiger partial charge < -0.3 is 10.1 Å². The van der Waals surface area contributed by atoms with E-state index in [4.69, 9.17) is 21.2 Å². The molecule has 128 valence electrons. The third-order valence-electron chi connectivity index (χ3n) is 3.59. The average molecular weight is 358 g/mol. The standard InChI is InChI=1S/C18H16ClN3O3/c1-24-12-8-7-11-9-13(18(23)22-25-2)17(21-16(11)10-12)20-15-6-4-3-5-14(15)19/h3-10H,1-2H3,(H,20,21)(H,22,23). The van der Waals surface area contributed by atoms with E-state index < -0.39 is 5.91 Å². The predicted octanol–water partition coefficient (Wildman–Crippen LogP) is 3.93. The van der Waals surface area contributed by atoms with E-state index >= 15 is 0 Å². The number of rotatable bonds is 5. The Hall–Kier alpha value is -2.83. The molecule has 25 heavy (non-hydrogen) atoms. The summed E-state index contributed by atoms with van der Waals surface area (Å²) in [7, 11) is 2.96. The van der Waals surface area contributed by atoms with Crippen LogP contribution in [0.4, 0.5) is 11.5 Å². The van der Waals surface area contributed by atoms with Crippen LogP contribution in [0.5, 0.6) is 5.75 Å². The molecule has 1 heterocycles. The first-order valence-electron chi connectivity index (χ1n) is 7.46. The normalized spacial score (nSPS) is 10.5. The van der Waals surface area contributed by atoms with Crippen LogP contribution >= 0.6 is 11.6 Å². The van der Waals surface area contributed by atoms with E-state index in [0.29, 0.717) is 33.4 Å². The van der Waals surface area contributed by atoms with Crippen LogP contribution in [0.1, 0.15) is 10.4 Å². The number of nitrogens with zero attached hydrogens (tertiary/aromatic N) is 1. The van der Waals surface area contributed by atoms with E-state index in [1.807, 2.05) is 24.3 Å². The summed E-state index contributed by atoms with van der Waals surface area (Å²) in [6.45, 7) is 0. The number of fused-ring (bicyclic) bond motifs is 1. The maximum absolute atomic E-state index is 12.3. The number of hydroxylamine groups is 1. The van der Waals surface area contributed by atoms with E-state index in [2.05, 4.69) is 15.8 Å². The fraction of sp³-hybridized carbons (Fsp3) is 0.111. The molecule has 0 saturated heterocycles. The number of nitrogens with one attached hydrogen (secondary N) is 2. The molecule has 1 aromatic heterocycles. The highest BCUT2D eigenvalue weighted by molar-refractivity contribution is 6.33. The second kappa shape index (κ2) is 7.38. The van der Waals surface area contributed by atoms with Crippen molar-refractivity contribution in [3.05, 3.63) is 59.1 Å². The van der Waals surface area contributed by atoms with Crippen molar-refractivity contribution >= 4 is 39.9 Å². The summed E-state index contributed by atoms with van der Waals surface area (Å²) in [6.07, 6.45) is 0. The number of para-hydroxylation sites is 1. The Balaban J connectivity index is 2.13. The van der Waals surface area contributed by atoms with Gasteiger partial charge in [-0.1, -0.05) is 23.7 Å². The molecule has 0 atom stereocenters. The zero-order chi connectivity index (χ0) is 17.8. The topological polar surface area (TPSA) is 72.5 Å². The third-order valence-corrected chi connectivity index (χ3v) is 3.92. The number of amides is 1. The van der Waals surface area contributed by atoms with Crippen LogP contribution in [0.15, 0.2) is 48.5 Å². The summed E-state index contributed by atoms with van der Waals surface area (Å²) in [5.41, 5.74) is 3.97. The quantitative estimate of drug-likeness (QED) is 0.677. The predicted molar refractivity (Wildman–Crippen MR) is 97.5 cm³/mol. The molecule has 0 fully saturated rings. The van der Waals surface area contributed by atoms with Crippen molar-refractivity contribution in [2.24, 2.45) is 0 Å². The number of pyridine rings is 1. The summed E-state index contributed by atoms with van der Waals surface area (Å²) in [5.74, 6) is 0.628. The van der Waals surface area contributed by atoms with Crippen LogP contribution in [-0.4, -0.2) is 25.1 Å². The Morgan fingerprint density at radius 3 is 2.64 bits per heavy atom. The summed E-state index contributed by atoms with van der Waals surface area (Å²) < 4.78 is 5.24. The SMILES string of the molecule is CONC(=O)c1cc2ccc(OC)cc2nc1Nc1ccccc1Cl. The van der Waals surface area contributed by atoms with E-state index in [0.717, 1.165) is 5.39 Å². The van der Waals surface area contributed by atoms with Gasteiger partial charge in [0.2, 0.25) is 0 Å². The Kier molecular flexibility index (Phi) is 5.02. The lowest BCUT2D eigenvalue weighted by Crippen LogP contribution is -2.23. The molecule has 2 aromatic carbocycles. The molecule has 0 aliphatic heterocycles. The molecular formula is C18H16ClN3O3. The summed E-state index contributed by atoms with van der Waals surface area (Å²) in [4.78, 5) is 21.6. The van der Waals surface area contributed by atoms with Gasteiger partial charge in [0.15, 0.2) is 0 Å². The Labute approximate surface area is 149 Å². The second-order valence-corrected chi connectivity index (χ2v) is 5.59. The lowest BCUT2D eigenvalue weighted by molar-refractivity contribution is 0.0538. The number of ether oxygens (including phenoxy) is 1.